The summed E-state index contributed by atoms with van der Waals surface area (Å²) in [6.45, 7) is 11.8. The van der Waals surface area contributed by atoms with E-state index in [1.807, 2.05) is 95.2 Å². The quantitative estimate of drug-likeness (QED) is 0.0841. The van der Waals surface area contributed by atoms with E-state index in [0.29, 0.717) is 80.5 Å². The number of ether oxygens (including phenoxy) is 4. The number of benzene rings is 3. The van der Waals surface area contributed by atoms with Crippen molar-refractivity contribution in [1.29, 1.82) is 0 Å². The number of thiazole rings is 1. The van der Waals surface area contributed by atoms with Gasteiger partial charge >= 0.3 is 0 Å². The molecule has 6 aromatic rings. The number of nitrogens with one attached hydrogen (secondary N) is 4. The van der Waals surface area contributed by atoms with E-state index in [-0.39, 0.29) is 75.9 Å². The maximum atomic E-state index is 14.8. The van der Waals surface area contributed by atoms with Crippen LogP contribution in [0.5, 0.6) is 5.75 Å². The lowest BCUT2D eigenvalue weighted by Crippen LogP contribution is -2.65. The van der Waals surface area contributed by atoms with E-state index in [2.05, 4.69) is 56.6 Å². The van der Waals surface area contributed by atoms with E-state index in [4.69, 9.17) is 35.5 Å². The van der Waals surface area contributed by atoms with Crippen LogP contribution in [0.25, 0.3) is 32.6 Å². The standard InChI is InChI=1S/C57H71ClN10O8S/c1-36-53(77-35-62-36)38-12-10-37(11-13-38)30-60-55(72)47-29-41(69)33-68(47)48-34-67(51(71)19-23-75-25-27-76-26-24-74-22-18-50(70)64-54(48)57(2,3)4)39-16-20-66(21-17-39)40-14-15-46(49(28-40)73-5)63-56-61-32-44(58)52(65-56)43-31-59-45-9-7-6-8-42(43)45/h6-15,28,31-32,35,39,41,47-48,54,59,69H,16-27,29-30,33-34H2,1-5H3,(H,60,72)(H,64,70)(H,61,63,65)/t41-,47+,48?,54-/m1/s1. The molecule has 9 rings (SSSR count). The monoisotopic (exact) mass is 1090 g/mol. The summed E-state index contributed by atoms with van der Waals surface area (Å²) < 4.78 is 23.3. The third kappa shape index (κ3) is 13.7. The Morgan fingerprint density at radius 3 is 2.38 bits per heavy atom. The van der Waals surface area contributed by atoms with Gasteiger partial charge in [0.2, 0.25) is 23.7 Å². The number of H-pyrrole nitrogens is 1. The number of rotatable bonds is 11. The Morgan fingerprint density at radius 1 is 0.935 bits per heavy atom. The first-order valence-electron chi connectivity index (χ1n) is 26.6. The minimum Gasteiger partial charge on any atom is -0.494 e. The molecule has 6 heterocycles. The number of halogens is 1. The molecule has 0 spiro atoms. The summed E-state index contributed by atoms with van der Waals surface area (Å²) in [4.78, 5) is 67.6. The number of aliphatic hydroxyl groups excluding tert-OH is 1. The highest BCUT2D eigenvalue weighted by Gasteiger charge is 2.47. The predicted octanol–water partition coefficient (Wildman–Crippen LogP) is 7.75. The molecule has 410 valence electrons. The molecule has 0 saturated carbocycles. The summed E-state index contributed by atoms with van der Waals surface area (Å²) >= 11 is 8.25. The molecule has 5 N–H and O–H groups in total. The Bertz CT molecular complexity index is 2960. The molecule has 3 fully saturated rings. The Balaban J connectivity index is 0.948. The summed E-state index contributed by atoms with van der Waals surface area (Å²) in [5.41, 5.74) is 8.32. The highest BCUT2D eigenvalue weighted by Crippen LogP contribution is 2.37. The van der Waals surface area contributed by atoms with Crippen LogP contribution in [0.2, 0.25) is 5.02 Å². The number of β-amino-alcohol motifs (C(OH)–C–C–N with tert-alkyl or cyclic N) is 1. The number of likely N-dealkylation sites (tertiary alicyclic amines) is 1. The molecular formula is C57H71ClN10O8S. The number of aromatic nitrogens is 4. The van der Waals surface area contributed by atoms with Gasteiger partial charge in [-0.2, -0.15) is 0 Å². The van der Waals surface area contributed by atoms with Gasteiger partial charge in [-0.3, -0.25) is 19.3 Å². The average Bonchev–Trinajstić information content (AvgIpc) is 4.19. The third-order valence-electron chi connectivity index (χ3n) is 14.8. The number of aromatic amines is 1. The van der Waals surface area contributed by atoms with Gasteiger partial charge in [0.25, 0.3) is 0 Å². The van der Waals surface area contributed by atoms with E-state index < -0.39 is 29.6 Å². The number of piperidine rings is 1. The molecular weight excluding hydrogens is 1020 g/mol. The van der Waals surface area contributed by atoms with E-state index in [1.54, 1.807) is 24.6 Å². The number of carbonyl (C=O) groups is 3. The molecule has 4 atom stereocenters. The van der Waals surface area contributed by atoms with Crippen LogP contribution < -0.4 is 25.6 Å². The van der Waals surface area contributed by atoms with Crippen molar-refractivity contribution >= 4 is 68.9 Å². The first-order valence-corrected chi connectivity index (χ1v) is 27.8. The third-order valence-corrected chi connectivity index (χ3v) is 16.0. The van der Waals surface area contributed by atoms with Crippen molar-refractivity contribution in [3.05, 3.63) is 101 Å². The summed E-state index contributed by atoms with van der Waals surface area (Å²) in [6.07, 6.45) is 4.39. The fourth-order valence-corrected chi connectivity index (χ4v) is 11.7. The maximum absolute atomic E-state index is 14.8. The maximum Gasteiger partial charge on any atom is 0.237 e. The zero-order valence-electron chi connectivity index (χ0n) is 44.6. The van der Waals surface area contributed by atoms with Gasteiger partial charge in [-0.1, -0.05) is 74.8 Å². The lowest BCUT2D eigenvalue weighted by molar-refractivity contribution is -0.137. The van der Waals surface area contributed by atoms with Crippen LogP contribution in [0, 0.1) is 12.3 Å². The van der Waals surface area contributed by atoms with Gasteiger partial charge in [-0.15, -0.1) is 11.3 Å². The molecule has 1 unspecified atom stereocenters. The Labute approximate surface area is 459 Å². The number of hydrogen-bond donors (Lipinski definition) is 5. The highest BCUT2D eigenvalue weighted by atomic mass is 35.5. The van der Waals surface area contributed by atoms with Crippen molar-refractivity contribution in [1.82, 2.24) is 40.4 Å². The van der Waals surface area contributed by atoms with Gasteiger partial charge in [0.15, 0.2) is 0 Å². The number of nitrogens with zero attached hydrogens (tertiary/aromatic N) is 6. The largest absolute Gasteiger partial charge is 0.494 e. The molecule has 0 radical (unpaired) electrons. The van der Waals surface area contributed by atoms with Gasteiger partial charge in [-0.05, 0) is 60.9 Å². The second-order valence-electron chi connectivity index (χ2n) is 21.0. The summed E-state index contributed by atoms with van der Waals surface area (Å²) in [6, 6.07) is 20.0. The van der Waals surface area contributed by atoms with Gasteiger partial charge in [-0.25, -0.2) is 15.0 Å². The van der Waals surface area contributed by atoms with Crippen LogP contribution in [-0.4, -0.2) is 156 Å². The fraction of sp³-hybridized carbons (Fsp3) is 0.474. The number of aliphatic hydroxyl groups is 1. The molecule has 77 heavy (non-hydrogen) atoms. The topological polar surface area (TPSA) is 209 Å². The summed E-state index contributed by atoms with van der Waals surface area (Å²) in [5, 5.41) is 22.7. The predicted molar refractivity (Wildman–Crippen MR) is 300 cm³/mol. The molecule has 18 nitrogen and oxygen atoms in total. The van der Waals surface area contributed by atoms with E-state index in [1.165, 1.54) is 0 Å². The van der Waals surface area contributed by atoms with E-state index in [9.17, 15) is 19.5 Å². The van der Waals surface area contributed by atoms with Crippen LogP contribution in [0.15, 0.2) is 84.6 Å². The molecule has 3 amide bonds. The van der Waals surface area contributed by atoms with E-state index >= 15 is 0 Å². The summed E-state index contributed by atoms with van der Waals surface area (Å²) in [5.74, 6) is 0.433. The molecule has 3 aromatic carbocycles. The smallest absolute Gasteiger partial charge is 0.237 e. The Morgan fingerprint density at radius 2 is 1.66 bits per heavy atom. The van der Waals surface area contributed by atoms with Crippen molar-refractivity contribution < 1.29 is 38.4 Å². The average molecular weight is 1090 g/mol. The number of amides is 3. The molecule has 0 bridgehead atoms. The second kappa shape index (κ2) is 25.5. The number of anilines is 3. The number of aryl methyl sites for hydroxylation is 1. The molecule has 20 heteroatoms. The molecule has 3 saturated heterocycles. The number of carbonyl (C=O) groups excluding carboxylic acids is 3. The van der Waals surface area contributed by atoms with Gasteiger partial charge in [0, 0.05) is 85.6 Å². The van der Waals surface area contributed by atoms with Crippen molar-refractivity contribution in [3.63, 3.8) is 0 Å². The van der Waals surface area contributed by atoms with Gasteiger partial charge in [0.1, 0.15) is 5.75 Å². The fourth-order valence-electron chi connectivity index (χ4n) is 10.7. The number of methoxy groups -OCH3 is 1. The normalized spacial score (nSPS) is 21.4. The van der Waals surface area contributed by atoms with Gasteiger partial charge < -0.3 is 54.8 Å². The molecule has 0 aliphatic carbocycles. The van der Waals surface area contributed by atoms with E-state index in [0.717, 1.165) is 43.9 Å². The molecule has 3 aliphatic rings. The Hall–Kier alpha value is -6.19. The van der Waals surface area contributed by atoms with Gasteiger partial charge in [0.05, 0.1) is 110 Å². The second-order valence-corrected chi connectivity index (χ2v) is 22.3. The Kier molecular flexibility index (Phi) is 18.4. The highest BCUT2D eigenvalue weighted by molar-refractivity contribution is 7.13. The molecule has 3 aromatic heterocycles. The zero-order chi connectivity index (χ0) is 54.1. The number of fused-ring (bicyclic) bond motifs is 1. The van der Waals surface area contributed by atoms with Crippen LogP contribution >= 0.6 is 22.9 Å². The lowest BCUT2D eigenvalue weighted by atomic mass is 9.80. The summed E-state index contributed by atoms with van der Waals surface area (Å²) in [7, 11) is 1.63. The minimum absolute atomic E-state index is 0.0880. The number of para-hydroxylation sites is 1. The van der Waals surface area contributed by atoms with Crippen LogP contribution in [0.1, 0.15) is 64.1 Å². The van der Waals surface area contributed by atoms with Crippen LogP contribution in [-0.2, 0) is 35.1 Å². The van der Waals surface area contributed by atoms with Crippen molar-refractivity contribution in [2.45, 2.75) is 96.6 Å². The van der Waals surface area contributed by atoms with Crippen LogP contribution in [0.4, 0.5) is 17.3 Å². The van der Waals surface area contributed by atoms with Crippen molar-refractivity contribution in [2.75, 3.05) is 83.1 Å². The number of hydrogen-bond acceptors (Lipinski definition) is 15. The first kappa shape index (κ1) is 55.6. The van der Waals surface area contributed by atoms with Crippen molar-refractivity contribution in [2.24, 2.45) is 5.41 Å². The first-order chi connectivity index (χ1) is 37.2. The molecule has 3 aliphatic heterocycles. The van der Waals surface area contributed by atoms with Crippen molar-refractivity contribution in [3.8, 4) is 27.4 Å². The van der Waals surface area contributed by atoms with Crippen LogP contribution in [0.3, 0.4) is 0 Å². The zero-order valence-corrected chi connectivity index (χ0v) is 46.1. The lowest BCUT2D eigenvalue weighted by Gasteiger charge is -2.47. The minimum atomic E-state index is -0.812. The SMILES string of the molecule is COc1cc(N2CCC(N3CC(N4C[C@H](O)C[C@H]4C(=O)NCc4ccc(-c5scnc5C)cc4)[C@H](C(C)(C)C)NC(=O)CCOCCOCCOCCC3=O)CC2)ccc1Nc1ncc(Cl)c(-c2c[nH]c3ccccc23)n1.